The second kappa shape index (κ2) is 9.72. The summed E-state index contributed by atoms with van der Waals surface area (Å²) in [6, 6.07) is 13.3. The van der Waals surface area contributed by atoms with Crippen LogP contribution in [-0.2, 0) is 17.8 Å². The smallest absolute Gasteiger partial charge is 0.319 e. The number of pyridine rings is 1. The maximum absolute atomic E-state index is 12.5. The van der Waals surface area contributed by atoms with Crippen LogP contribution >= 0.6 is 0 Å². The number of carbonyl (C=O) groups excluding carboxylic acids is 1. The zero-order valence-electron chi connectivity index (χ0n) is 17.9. The van der Waals surface area contributed by atoms with E-state index in [0.29, 0.717) is 6.54 Å². The Morgan fingerprint density at radius 3 is 2.65 bits per heavy atom. The molecule has 1 aromatic carbocycles. The van der Waals surface area contributed by atoms with Crippen LogP contribution in [0, 0.1) is 0 Å². The van der Waals surface area contributed by atoms with Gasteiger partial charge in [-0.15, -0.1) is 0 Å². The number of morpholine rings is 1. The van der Waals surface area contributed by atoms with Crippen molar-refractivity contribution in [2.24, 2.45) is 0 Å². The molecular formula is C23H28N6O2. The van der Waals surface area contributed by atoms with Crippen molar-refractivity contribution >= 4 is 11.7 Å². The van der Waals surface area contributed by atoms with E-state index < -0.39 is 0 Å². The van der Waals surface area contributed by atoms with Crippen molar-refractivity contribution in [2.75, 3.05) is 18.4 Å². The average molecular weight is 421 g/mol. The number of aromatic nitrogens is 3. The monoisotopic (exact) mass is 420 g/mol. The average Bonchev–Trinajstić information content (AvgIpc) is 3.28. The van der Waals surface area contributed by atoms with Crippen molar-refractivity contribution < 1.29 is 9.53 Å². The van der Waals surface area contributed by atoms with Crippen molar-refractivity contribution in [3.05, 3.63) is 72.2 Å². The van der Waals surface area contributed by atoms with Gasteiger partial charge in [0.15, 0.2) is 5.82 Å². The van der Waals surface area contributed by atoms with Crippen LogP contribution < -0.4 is 10.6 Å². The van der Waals surface area contributed by atoms with E-state index in [2.05, 4.69) is 45.5 Å². The minimum atomic E-state index is -0.243. The molecule has 0 spiro atoms. The quantitative estimate of drug-likeness (QED) is 0.640. The third-order valence-electron chi connectivity index (χ3n) is 5.16. The lowest BCUT2D eigenvalue weighted by atomic mass is 10.1. The summed E-state index contributed by atoms with van der Waals surface area (Å²) in [5, 5.41) is 10.0. The van der Waals surface area contributed by atoms with Crippen LogP contribution in [0.5, 0.6) is 0 Å². The maximum atomic E-state index is 12.5. The van der Waals surface area contributed by atoms with E-state index in [0.717, 1.165) is 42.3 Å². The molecule has 1 aliphatic rings. The normalized spacial score (nSPS) is 19.2. The first-order valence-electron chi connectivity index (χ1n) is 10.5. The topological polar surface area (TPSA) is 84.3 Å². The second-order valence-corrected chi connectivity index (χ2v) is 7.89. The Kier molecular flexibility index (Phi) is 6.59. The van der Waals surface area contributed by atoms with Gasteiger partial charge < -0.3 is 15.4 Å². The first kappa shape index (κ1) is 21.0. The summed E-state index contributed by atoms with van der Waals surface area (Å²) < 4.78 is 7.51. The molecule has 1 saturated heterocycles. The van der Waals surface area contributed by atoms with Gasteiger partial charge in [-0.05, 0) is 43.2 Å². The summed E-state index contributed by atoms with van der Waals surface area (Å²) in [7, 11) is 0. The first-order valence-corrected chi connectivity index (χ1v) is 10.5. The first-order chi connectivity index (χ1) is 15.1. The van der Waals surface area contributed by atoms with Gasteiger partial charge in [0.25, 0.3) is 0 Å². The molecule has 3 aromatic rings. The lowest BCUT2D eigenvalue weighted by Crippen LogP contribution is -2.44. The van der Waals surface area contributed by atoms with Crippen LogP contribution in [-0.4, -0.2) is 51.0 Å². The summed E-state index contributed by atoms with van der Waals surface area (Å²) in [6.45, 7) is 7.11. The van der Waals surface area contributed by atoms with Gasteiger partial charge in [-0.1, -0.05) is 24.3 Å². The van der Waals surface area contributed by atoms with Crippen molar-refractivity contribution in [1.82, 2.24) is 25.0 Å². The van der Waals surface area contributed by atoms with Gasteiger partial charge >= 0.3 is 6.03 Å². The largest absolute Gasteiger partial charge is 0.373 e. The number of rotatable bonds is 6. The molecule has 162 valence electrons. The number of nitrogens with zero attached hydrogens (tertiary/aromatic N) is 4. The molecule has 8 nitrogen and oxygen atoms in total. The lowest BCUT2D eigenvalue weighted by molar-refractivity contribution is -0.0704. The van der Waals surface area contributed by atoms with E-state index in [9.17, 15) is 4.79 Å². The van der Waals surface area contributed by atoms with Crippen LogP contribution in [0.3, 0.4) is 0 Å². The molecule has 31 heavy (non-hydrogen) atoms. The van der Waals surface area contributed by atoms with Crippen LogP contribution in [0.15, 0.2) is 61.1 Å². The van der Waals surface area contributed by atoms with E-state index in [1.807, 2.05) is 42.6 Å². The molecule has 2 amide bonds. The van der Waals surface area contributed by atoms with Gasteiger partial charge in [0.05, 0.1) is 12.2 Å². The zero-order valence-corrected chi connectivity index (χ0v) is 17.9. The zero-order chi connectivity index (χ0) is 21.6. The number of urea groups is 1. The molecule has 0 aliphatic carbocycles. The SMILES string of the molecule is C[C@@H]1CN(Cc2ccccc2NC(=O)NCc2ccc(-n3cccn3)nc2)C[C@H](C)O1. The molecule has 2 N–H and O–H groups in total. The molecule has 1 fully saturated rings. The predicted molar refractivity (Wildman–Crippen MR) is 119 cm³/mol. The summed E-state index contributed by atoms with van der Waals surface area (Å²) in [6.07, 6.45) is 5.70. The molecule has 0 unspecified atom stereocenters. The Balaban J connectivity index is 1.32. The molecule has 2 aromatic heterocycles. The molecule has 0 bridgehead atoms. The van der Waals surface area contributed by atoms with Crippen molar-refractivity contribution in [1.29, 1.82) is 0 Å². The van der Waals surface area contributed by atoms with Crippen LogP contribution in [0.4, 0.5) is 10.5 Å². The highest BCUT2D eigenvalue weighted by Gasteiger charge is 2.22. The molecule has 0 saturated carbocycles. The highest BCUT2D eigenvalue weighted by atomic mass is 16.5. The van der Waals surface area contributed by atoms with Crippen LogP contribution in [0.25, 0.3) is 5.82 Å². The van der Waals surface area contributed by atoms with Crippen molar-refractivity contribution in [2.45, 2.75) is 39.1 Å². The molecular weight excluding hydrogens is 392 g/mol. The fourth-order valence-corrected chi connectivity index (χ4v) is 3.84. The van der Waals surface area contributed by atoms with E-state index in [1.54, 1.807) is 17.1 Å². The van der Waals surface area contributed by atoms with Crippen LogP contribution in [0.1, 0.15) is 25.0 Å². The third kappa shape index (κ3) is 5.68. The van der Waals surface area contributed by atoms with E-state index in [1.165, 1.54) is 0 Å². The molecule has 4 rings (SSSR count). The highest BCUT2D eigenvalue weighted by Crippen LogP contribution is 2.20. The minimum absolute atomic E-state index is 0.209. The number of ether oxygens (including phenoxy) is 1. The Morgan fingerprint density at radius 1 is 1.13 bits per heavy atom. The van der Waals surface area contributed by atoms with E-state index in [-0.39, 0.29) is 18.2 Å². The summed E-state index contributed by atoms with van der Waals surface area (Å²) in [5.41, 5.74) is 2.82. The number of hydrogen-bond donors (Lipinski definition) is 2. The second-order valence-electron chi connectivity index (χ2n) is 7.89. The molecule has 3 heterocycles. The highest BCUT2D eigenvalue weighted by molar-refractivity contribution is 5.90. The fraction of sp³-hybridized carbons (Fsp3) is 0.348. The third-order valence-corrected chi connectivity index (χ3v) is 5.16. The van der Waals surface area contributed by atoms with E-state index in [4.69, 9.17) is 4.74 Å². The van der Waals surface area contributed by atoms with Crippen molar-refractivity contribution in [3.8, 4) is 5.82 Å². The number of hydrogen-bond acceptors (Lipinski definition) is 5. The summed E-state index contributed by atoms with van der Waals surface area (Å²) in [4.78, 5) is 19.3. The van der Waals surface area contributed by atoms with Gasteiger partial charge in [0.2, 0.25) is 0 Å². The standard InChI is InChI=1S/C23H28N6O2/c1-17-14-28(15-18(2)31-17)16-20-6-3-4-7-21(20)27-23(30)25-13-19-8-9-22(24-12-19)29-11-5-10-26-29/h3-12,17-18H,13-16H2,1-2H3,(H2,25,27,30)/t17-,18+. The number of benzene rings is 1. The van der Waals surface area contributed by atoms with Crippen LogP contribution in [0.2, 0.25) is 0 Å². The number of carbonyl (C=O) groups is 1. The number of anilines is 1. The number of amides is 2. The Morgan fingerprint density at radius 2 is 1.94 bits per heavy atom. The Hall–Kier alpha value is -3.23. The summed E-state index contributed by atoms with van der Waals surface area (Å²) in [5.74, 6) is 0.735. The fourth-order valence-electron chi connectivity index (χ4n) is 3.84. The van der Waals surface area contributed by atoms with Crippen molar-refractivity contribution in [3.63, 3.8) is 0 Å². The van der Waals surface area contributed by atoms with Gasteiger partial charge in [-0.2, -0.15) is 5.10 Å². The summed E-state index contributed by atoms with van der Waals surface area (Å²) >= 11 is 0. The lowest BCUT2D eigenvalue weighted by Gasteiger charge is -2.35. The molecule has 8 heteroatoms. The Labute approximate surface area is 182 Å². The molecule has 1 aliphatic heterocycles. The van der Waals surface area contributed by atoms with Gasteiger partial charge in [-0.25, -0.2) is 14.5 Å². The number of para-hydroxylation sites is 1. The maximum Gasteiger partial charge on any atom is 0.319 e. The van der Waals surface area contributed by atoms with Gasteiger partial charge in [-0.3, -0.25) is 4.90 Å². The molecule has 0 radical (unpaired) electrons. The van der Waals surface area contributed by atoms with Gasteiger partial charge in [0, 0.05) is 50.5 Å². The molecule has 2 atom stereocenters. The predicted octanol–water partition coefficient (Wildman–Crippen LogP) is 3.20. The van der Waals surface area contributed by atoms with E-state index >= 15 is 0 Å². The minimum Gasteiger partial charge on any atom is -0.373 e. The number of nitrogens with one attached hydrogen (secondary N) is 2. The Bertz CT molecular complexity index is 980. The van der Waals surface area contributed by atoms with Gasteiger partial charge in [0.1, 0.15) is 0 Å².